The molecule has 0 aromatic rings. The van der Waals surface area contributed by atoms with Gasteiger partial charge in [0.25, 0.3) is 0 Å². The number of ether oxygens (including phenoxy) is 1. The number of hydrogen-bond acceptors (Lipinski definition) is 5. The van der Waals surface area contributed by atoms with Crippen molar-refractivity contribution in [2.45, 2.75) is 74.9 Å². The van der Waals surface area contributed by atoms with E-state index in [1.807, 2.05) is 0 Å². The summed E-state index contributed by atoms with van der Waals surface area (Å²) in [4.78, 5) is 0. The van der Waals surface area contributed by atoms with Gasteiger partial charge in [0.2, 0.25) is 0 Å². The Morgan fingerprint density at radius 3 is 1.24 bits per heavy atom. The van der Waals surface area contributed by atoms with Crippen molar-refractivity contribution in [1.82, 2.24) is 0 Å². The quantitative estimate of drug-likeness (QED) is 0.513. The predicted octanol–water partition coefficient (Wildman–Crippen LogP) is 0.116. The Labute approximate surface area is 103 Å². The third-order valence-electron chi connectivity index (χ3n) is 4.11. The highest BCUT2D eigenvalue weighted by Gasteiger charge is 2.33. The molecular weight excluding hydrogens is 216 g/mol. The zero-order chi connectivity index (χ0) is 12.5. The maximum absolute atomic E-state index is 6.10. The molecule has 0 aromatic heterocycles. The van der Waals surface area contributed by atoms with E-state index in [0.29, 0.717) is 12.2 Å². The first-order chi connectivity index (χ1) is 7.86. The summed E-state index contributed by atoms with van der Waals surface area (Å²) in [5.41, 5.74) is 22.6. The fourth-order valence-electron chi connectivity index (χ4n) is 2.80. The molecule has 0 heterocycles. The van der Waals surface area contributed by atoms with Crippen LogP contribution >= 0.6 is 0 Å². The van der Waals surface area contributed by atoms with Crippen LogP contribution in [0, 0.1) is 0 Å². The number of nitrogens with two attached hydrogens (primary N) is 4. The Morgan fingerprint density at radius 2 is 0.941 bits per heavy atom. The smallest absolute Gasteiger partial charge is 0.0638 e. The highest BCUT2D eigenvalue weighted by Crippen LogP contribution is 2.30. The van der Waals surface area contributed by atoms with Crippen molar-refractivity contribution in [3.8, 4) is 0 Å². The van der Waals surface area contributed by atoms with Gasteiger partial charge in [0, 0.05) is 0 Å². The average molecular weight is 242 g/mol. The minimum absolute atomic E-state index is 0.322. The zero-order valence-electron chi connectivity index (χ0n) is 10.5. The van der Waals surface area contributed by atoms with E-state index in [1.165, 1.54) is 0 Å². The molecule has 0 bridgehead atoms. The second-order valence-corrected chi connectivity index (χ2v) is 6.00. The van der Waals surface area contributed by atoms with E-state index >= 15 is 0 Å². The van der Waals surface area contributed by atoms with Crippen LogP contribution in [0.5, 0.6) is 0 Å². The van der Waals surface area contributed by atoms with Gasteiger partial charge in [0.1, 0.15) is 0 Å². The normalized spacial score (nSPS) is 30.4. The lowest BCUT2D eigenvalue weighted by Gasteiger charge is -2.38. The fourth-order valence-corrected chi connectivity index (χ4v) is 2.80. The molecular formula is C12H26N4O. The van der Waals surface area contributed by atoms with Gasteiger partial charge in [-0.25, -0.2) is 0 Å². The second-order valence-electron chi connectivity index (χ2n) is 6.00. The van der Waals surface area contributed by atoms with Crippen molar-refractivity contribution in [3.63, 3.8) is 0 Å². The standard InChI is InChI=1S/C12H26N4O/c13-11(14)5-1-9(2-6-11)17-10-3-7-12(15,16)8-4-10/h9-10H,1-8,13-16H2. The van der Waals surface area contributed by atoms with Gasteiger partial charge in [-0.05, 0) is 51.4 Å². The van der Waals surface area contributed by atoms with Crippen LogP contribution in [0.15, 0.2) is 0 Å². The van der Waals surface area contributed by atoms with Gasteiger partial charge < -0.3 is 27.7 Å². The van der Waals surface area contributed by atoms with Crippen LogP contribution in [0.1, 0.15) is 51.4 Å². The van der Waals surface area contributed by atoms with Crippen molar-refractivity contribution < 1.29 is 4.74 Å². The monoisotopic (exact) mass is 242 g/mol. The maximum Gasteiger partial charge on any atom is 0.0638 e. The van der Waals surface area contributed by atoms with Crippen LogP contribution in [-0.4, -0.2) is 23.5 Å². The number of hydrogen-bond donors (Lipinski definition) is 4. The van der Waals surface area contributed by atoms with E-state index in [0.717, 1.165) is 51.4 Å². The predicted molar refractivity (Wildman–Crippen MR) is 67.8 cm³/mol. The summed E-state index contributed by atoms with van der Waals surface area (Å²) in [5, 5.41) is 0. The third kappa shape index (κ3) is 3.89. The van der Waals surface area contributed by atoms with Crippen molar-refractivity contribution in [2.75, 3.05) is 0 Å². The molecule has 2 fully saturated rings. The molecule has 0 radical (unpaired) electrons. The lowest BCUT2D eigenvalue weighted by Crippen LogP contribution is -2.54. The molecule has 0 unspecified atom stereocenters. The summed E-state index contributed by atoms with van der Waals surface area (Å²) >= 11 is 0. The molecule has 17 heavy (non-hydrogen) atoms. The van der Waals surface area contributed by atoms with Gasteiger partial charge in [-0.3, -0.25) is 0 Å². The molecule has 0 amide bonds. The molecule has 2 aliphatic rings. The molecule has 0 saturated heterocycles. The van der Waals surface area contributed by atoms with Crippen LogP contribution in [-0.2, 0) is 4.74 Å². The molecule has 2 rings (SSSR count). The zero-order valence-corrected chi connectivity index (χ0v) is 10.5. The van der Waals surface area contributed by atoms with Crippen molar-refractivity contribution in [1.29, 1.82) is 0 Å². The fraction of sp³-hybridized carbons (Fsp3) is 1.00. The molecule has 0 atom stereocenters. The van der Waals surface area contributed by atoms with E-state index in [9.17, 15) is 0 Å². The average Bonchev–Trinajstić information content (AvgIpc) is 2.24. The Morgan fingerprint density at radius 1 is 0.647 bits per heavy atom. The van der Waals surface area contributed by atoms with Crippen molar-refractivity contribution >= 4 is 0 Å². The Hall–Kier alpha value is -0.200. The molecule has 0 aromatic carbocycles. The van der Waals surface area contributed by atoms with E-state index in [1.54, 1.807) is 0 Å². The summed E-state index contributed by atoms with van der Waals surface area (Å²) in [7, 11) is 0. The minimum atomic E-state index is -0.476. The summed E-state index contributed by atoms with van der Waals surface area (Å²) < 4.78 is 6.10. The lowest BCUT2D eigenvalue weighted by atomic mass is 9.86. The Kier molecular flexibility index (Phi) is 3.75. The highest BCUT2D eigenvalue weighted by atomic mass is 16.5. The summed E-state index contributed by atoms with van der Waals surface area (Å²) in [5.74, 6) is 0. The molecule has 100 valence electrons. The van der Waals surface area contributed by atoms with Gasteiger partial charge in [-0.2, -0.15) is 0 Å². The molecule has 5 nitrogen and oxygen atoms in total. The van der Waals surface area contributed by atoms with Crippen LogP contribution < -0.4 is 22.9 Å². The molecule has 8 N–H and O–H groups in total. The SMILES string of the molecule is NC1(N)CCC(OC2CCC(N)(N)CC2)CC1. The Balaban J connectivity index is 1.72. The molecule has 0 aliphatic heterocycles. The van der Waals surface area contributed by atoms with Gasteiger partial charge in [0.05, 0.1) is 23.5 Å². The van der Waals surface area contributed by atoms with Crippen LogP contribution in [0.25, 0.3) is 0 Å². The van der Waals surface area contributed by atoms with Gasteiger partial charge in [0.15, 0.2) is 0 Å². The van der Waals surface area contributed by atoms with Crippen LogP contribution in [0.3, 0.4) is 0 Å². The first-order valence-corrected chi connectivity index (χ1v) is 6.67. The van der Waals surface area contributed by atoms with Crippen molar-refractivity contribution in [2.24, 2.45) is 22.9 Å². The summed E-state index contributed by atoms with van der Waals surface area (Å²) in [6.07, 6.45) is 7.93. The first kappa shape index (κ1) is 13.2. The molecule has 0 spiro atoms. The van der Waals surface area contributed by atoms with Gasteiger partial charge >= 0.3 is 0 Å². The van der Waals surface area contributed by atoms with Crippen LogP contribution in [0.2, 0.25) is 0 Å². The summed E-state index contributed by atoms with van der Waals surface area (Å²) in [6, 6.07) is 0. The topological polar surface area (TPSA) is 113 Å². The second kappa shape index (κ2) is 4.82. The highest BCUT2D eigenvalue weighted by molar-refractivity contribution is 4.88. The molecule has 5 heteroatoms. The van der Waals surface area contributed by atoms with Crippen LogP contribution in [0.4, 0.5) is 0 Å². The first-order valence-electron chi connectivity index (χ1n) is 6.67. The van der Waals surface area contributed by atoms with Gasteiger partial charge in [-0.1, -0.05) is 0 Å². The largest absolute Gasteiger partial charge is 0.375 e. The van der Waals surface area contributed by atoms with E-state index in [4.69, 9.17) is 27.7 Å². The van der Waals surface area contributed by atoms with Gasteiger partial charge in [-0.15, -0.1) is 0 Å². The molecule has 2 aliphatic carbocycles. The minimum Gasteiger partial charge on any atom is -0.375 e. The lowest BCUT2D eigenvalue weighted by molar-refractivity contribution is -0.0601. The van der Waals surface area contributed by atoms with E-state index in [-0.39, 0.29) is 0 Å². The molecule has 2 saturated carbocycles. The number of rotatable bonds is 2. The maximum atomic E-state index is 6.10. The van der Waals surface area contributed by atoms with E-state index in [2.05, 4.69) is 0 Å². The third-order valence-corrected chi connectivity index (χ3v) is 4.11. The Bertz CT molecular complexity index is 221. The van der Waals surface area contributed by atoms with Crippen molar-refractivity contribution in [3.05, 3.63) is 0 Å². The van der Waals surface area contributed by atoms with E-state index < -0.39 is 11.3 Å². The summed E-state index contributed by atoms with van der Waals surface area (Å²) in [6.45, 7) is 0.